The van der Waals surface area contributed by atoms with Crippen molar-refractivity contribution < 1.29 is 19.7 Å². The molecule has 0 fully saturated rings. The predicted molar refractivity (Wildman–Crippen MR) is 124 cm³/mol. The molecule has 1 aromatic carbocycles. The first-order valence-electron chi connectivity index (χ1n) is 10.7. The van der Waals surface area contributed by atoms with E-state index in [1.807, 2.05) is 52.0 Å². The summed E-state index contributed by atoms with van der Waals surface area (Å²) in [6.45, 7) is 7.39. The number of nitrogens with zero attached hydrogens (tertiary/aromatic N) is 1. The fourth-order valence-corrected chi connectivity index (χ4v) is 5.77. The highest BCUT2D eigenvalue weighted by atomic mass is 32.1. The molecule has 1 atom stereocenters. The number of aryl methyl sites for hydroxylation is 3. The Bertz CT molecular complexity index is 1140. The highest BCUT2D eigenvalue weighted by molar-refractivity contribution is 7.19. The van der Waals surface area contributed by atoms with E-state index in [2.05, 4.69) is 0 Å². The average Bonchev–Trinajstić information content (AvgIpc) is 3.08. The third-order valence-electron chi connectivity index (χ3n) is 5.69. The van der Waals surface area contributed by atoms with E-state index in [4.69, 9.17) is 9.72 Å². The van der Waals surface area contributed by atoms with Crippen molar-refractivity contribution in [2.75, 3.05) is 0 Å². The van der Waals surface area contributed by atoms with E-state index >= 15 is 0 Å². The Hall–Kier alpha value is -2.28. The molecular formula is C25H29NO4S. The Balaban J connectivity index is 2.09. The first-order chi connectivity index (χ1) is 14.7. The smallest absolute Gasteiger partial charge is 0.337 e. The summed E-state index contributed by atoms with van der Waals surface area (Å²) < 4.78 is 6.07. The van der Waals surface area contributed by atoms with Crippen LogP contribution >= 0.6 is 11.3 Å². The Kier molecular flexibility index (Phi) is 5.90. The zero-order chi connectivity index (χ0) is 22.3. The van der Waals surface area contributed by atoms with Crippen LogP contribution in [0, 0.1) is 6.92 Å². The lowest BCUT2D eigenvalue weighted by molar-refractivity contribution is -0.160. The van der Waals surface area contributed by atoms with Crippen LogP contribution in [0.5, 0.6) is 0 Å². The van der Waals surface area contributed by atoms with Crippen LogP contribution in [0.15, 0.2) is 24.3 Å². The van der Waals surface area contributed by atoms with Gasteiger partial charge in [0.1, 0.15) is 4.83 Å². The van der Waals surface area contributed by atoms with Crippen molar-refractivity contribution >= 4 is 27.5 Å². The SMILES string of the molecule is Cc1nc2sc3c(c2c(-c2cccc(CO)c2)c1[C@H](OC(C)(C)C)C(=O)O)CCCC3. The highest BCUT2D eigenvalue weighted by Crippen LogP contribution is 2.45. The van der Waals surface area contributed by atoms with Gasteiger partial charge < -0.3 is 14.9 Å². The van der Waals surface area contributed by atoms with Gasteiger partial charge in [0, 0.05) is 27.1 Å². The van der Waals surface area contributed by atoms with Crippen LogP contribution in [0.4, 0.5) is 0 Å². The molecule has 0 spiro atoms. The van der Waals surface area contributed by atoms with E-state index < -0.39 is 17.7 Å². The zero-order valence-corrected chi connectivity index (χ0v) is 19.3. The van der Waals surface area contributed by atoms with Gasteiger partial charge in [0.2, 0.25) is 0 Å². The third kappa shape index (κ3) is 4.25. The summed E-state index contributed by atoms with van der Waals surface area (Å²) in [5, 5.41) is 20.9. The Morgan fingerprint density at radius 2 is 2.00 bits per heavy atom. The molecule has 2 heterocycles. The summed E-state index contributed by atoms with van der Waals surface area (Å²) >= 11 is 1.73. The molecule has 0 aliphatic heterocycles. The molecule has 5 nitrogen and oxygen atoms in total. The number of thiophene rings is 1. The maximum Gasteiger partial charge on any atom is 0.337 e. The molecule has 6 heteroatoms. The van der Waals surface area contributed by atoms with Gasteiger partial charge >= 0.3 is 5.97 Å². The summed E-state index contributed by atoms with van der Waals surface area (Å²) in [6.07, 6.45) is 3.18. The highest BCUT2D eigenvalue weighted by Gasteiger charge is 2.33. The number of rotatable bonds is 5. The minimum Gasteiger partial charge on any atom is -0.479 e. The Morgan fingerprint density at radius 1 is 1.26 bits per heavy atom. The van der Waals surface area contributed by atoms with Gasteiger partial charge in [0.15, 0.2) is 6.10 Å². The lowest BCUT2D eigenvalue weighted by atomic mass is 9.87. The second-order valence-corrected chi connectivity index (χ2v) is 10.3. The number of benzene rings is 1. The molecule has 2 N–H and O–H groups in total. The zero-order valence-electron chi connectivity index (χ0n) is 18.5. The van der Waals surface area contributed by atoms with E-state index in [1.165, 1.54) is 16.9 Å². The van der Waals surface area contributed by atoms with E-state index in [1.54, 1.807) is 11.3 Å². The molecule has 0 saturated carbocycles. The topological polar surface area (TPSA) is 79.7 Å². The second kappa shape index (κ2) is 8.34. The number of aliphatic hydroxyl groups is 1. The molecule has 0 unspecified atom stereocenters. The number of carbonyl (C=O) groups is 1. The molecule has 1 aliphatic carbocycles. The summed E-state index contributed by atoms with van der Waals surface area (Å²) in [4.78, 5) is 19.6. The number of aromatic nitrogens is 1. The number of fused-ring (bicyclic) bond motifs is 3. The quantitative estimate of drug-likeness (QED) is 0.542. The summed E-state index contributed by atoms with van der Waals surface area (Å²) in [6, 6.07) is 7.71. The van der Waals surface area contributed by atoms with Gasteiger partial charge in [-0.25, -0.2) is 9.78 Å². The third-order valence-corrected chi connectivity index (χ3v) is 6.87. The fourth-order valence-electron chi connectivity index (χ4n) is 4.45. The van der Waals surface area contributed by atoms with E-state index in [0.717, 1.165) is 46.2 Å². The van der Waals surface area contributed by atoms with Crippen LogP contribution in [-0.2, 0) is 29.0 Å². The molecule has 0 amide bonds. The van der Waals surface area contributed by atoms with Gasteiger partial charge in [-0.05, 0) is 76.1 Å². The van der Waals surface area contributed by atoms with Gasteiger partial charge in [0.25, 0.3) is 0 Å². The first kappa shape index (κ1) is 21.9. The van der Waals surface area contributed by atoms with E-state index in [0.29, 0.717) is 11.3 Å². The van der Waals surface area contributed by atoms with Gasteiger partial charge in [-0.3, -0.25) is 0 Å². The van der Waals surface area contributed by atoms with Crippen molar-refractivity contribution in [2.24, 2.45) is 0 Å². The van der Waals surface area contributed by atoms with Gasteiger partial charge in [0.05, 0.1) is 12.2 Å². The van der Waals surface area contributed by atoms with Crippen molar-refractivity contribution in [3.05, 3.63) is 51.5 Å². The number of hydrogen-bond acceptors (Lipinski definition) is 5. The van der Waals surface area contributed by atoms with Gasteiger partial charge in [-0.1, -0.05) is 18.2 Å². The van der Waals surface area contributed by atoms with Crippen LogP contribution in [-0.4, -0.2) is 26.8 Å². The van der Waals surface area contributed by atoms with Crippen molar-refractivity contribution in [3.8, 4) is 11.1 Å². The molecule has 2 aromatic heterocycles. The number of carboxylic acid groups (broad SMARTS) is 1. The van der Waals surface area contributed by atoms with Crippen LogP contribution in [0.2, 0.25) is 0 Å². The number of carboxylic acids is 1. The molecule has 164 valence electrons. The molecule has 0 radical (unpaired) electrons. The molecular weight excluding hydrogens is 410 g/mol. The van der Waals surface area contributed by atoms with Crippen molar-refractivity contribution in [2.45, 2.75) is 71.7 Å². The van der Waals surface area contributed by atoms with Crippen molar-refractivity contribution in [3.63, 3.8) is 0 Å². The standard InChI is InChI=1S/C25H29NO4S/c1-14-19(22(24(28)29)30-25(2,3)4)20(16-9-7-8-15(12-16)13-27)21-17-10-5-6-11-18(17)31-23(21)26-14/h7-9,12,22,27H,5-6,10-11,13H2,1-4H3,(H,28,29)/t22-/m0/s1. The van der Waals surface area contributed by atoms with Crippen molar-refractivity contribution in [1.29, 1.82) is 0 Å². The van der Waals surface area contributed by atoms with Crippen LogP contribution in [0.25, 0.3) is 21.3 Å². The van der Waals surface area contributed by atoms with Crippen molar-refractivity contribution in [1.82, 2.24) is 4.98 Å². The summed E-state index contributed by atoms with van der Waals surface area (Å²) in [5.41, 5.74) is 4.51. The Labute approximate surface area is 186 Å². The van der Waals surface area contributed by atoms with E-state index in [9.17, 15) is 15.0 Å². The number of pyridine rings is 1. The molecule has 4 rings (SSSR count). The number of ether oxygens (including phenoxy) is 1. The first-order valence-corrected chi connectivity index (χ1v) is 11.6. The number of hydrogen-bond donors (Lipinski definition) is 2. The van der Waals surface area contributed by atoms with Crippen LogP contribution < -0.4 is 0 Å². The summed E-state index contributed by atoms with van der Waals surface area (Å²) in [7, 11) is 0. The lowest BCUT2D eigenvalue weighted by Crippen LogP contribution is -2.28. The molecule has 31 heavy (non-hydrogen) atoms. The molecule has 0 saturated heterocycles. The molecule has 0 bridgehead atoms. The summed E-state index contributed by atoms with van der Waals surface area (Å²) in [5.74, 6) is -1.03. The maximum atomic E-state index is 12.4. The van der Waals surface area contributed by atoms with E-state index in [-0.39, 0.29) is 6.61 Å². The Morgan fingerprint density at radius 3 is 2.68 bits per heavy atom. The van der Waals surface area contributed by atoms with Crippen LogP contribution in [0.1, 0.15) is 67.0 Å². The largest absolute Gasteiger partial charge is 0.479 e. The van der Waals surface area contributed by atoms with Gasteiger partial charge in [-0.15, -0.1) is 11.3 Å². The molecule has 3 aromatic rings. The van der Waals surface area contributed by atoms with Crippen LogP contribution in [0.3, 0.4) is 0 Å². The van der Waals surface area contributed by atoms with Gasteiger partial charge in [-0.2, -0.15) is 0 Å². The number of aliphatic carboxylic acids is 1. The normalized spacial score (nSPS) is 15.1. The lowest BCUT2D eigenvalue weighted by Gasteiger charge is -2.28. The monoisotopic (exact) mass is 439 g/mol. The molecule has 1 aliphatic rings. The minimum absolute atomic E-state index is 0.0705. The second-order valence-electron chi connectivity index (χ2n) is 9.18. The fraction of sp³-hybridized carbons (Fsp3) is 0.440. The average molecular weight is 440 g/mol. The minimum atomic E-state index is -1.14. The maximum absolute atomic E-state index is 12.4. The number of aliphatic hydroxyl groups excluding tert-OH is 1. The predicted octanol–water partition coefficient (Wildman–Crippen LogP) is 5.58.